The molecule has 0 saturated carbocycles. The number of hydrogen-bond donors (Lipinski definition) is 2. The average molecular weight is 340 g/mol. The molecule has 100 valence electrons. The third-order valence-electron chi connectivity index (χ3n) is 2.77. The van der Waals surface area contributed by atoms with Gasteiger partial charge in [0.05, 0.1) is 5.92 Å². The van der Waals surface area contributed by atoms with E-state index in [1.165, 1.54) is 4.88 Å². The van der Waals surface area contributed by atoms with Crippen molar-refractivity contribution in [3.63, 3.8) is 0 Å². The summed E-state index contributed by atoms with van der Waals surface area (Å²) >= 11 is 5.05. The second kappa shape index (κ2) is 6.84. The van der Waals surface area contributed by atoms with Crippen molar-refractivity contribution in [1.29, 1.82) is 0 Å². The van der Waals surface area contributed by atoms with Gasteiger partial charge in [-0.25, -0.2) is 0 Å². The van der Waals surface area contributed by atoms with Crippen LogP contribution in [0.1, 0.15) is 16.4 Å². The molecule has 1 heterocycles. The zero-order valence-electron chi connectivity index (χ0n) is 10.2. The number of benzene rings is 1. The van der Waals surface area contributed by atoms with Crippen LogP contribution in [0.4, 0.5) is 0 Å². The highest BCUT2D eigenvalue weighted by Crippen LogP contribution is 2.20. The van der Waals surface area contributed by atoms with Crippen molar-refractivity contribution < 1.29 is 9.90 Å². The molecule has 1 unspecified atom stereocenters. The number of halogens is 1. The molecule has 2 rings (SSSR count). The van der Waals surface area contributed by atoms with Gasteiger partial charge in [-0.3, -0.25) is 4.79 Å². The summed E-state index contributed by atoms with van der Waals surface area (Å²) in [6.07, 6.45) is 0. The Morgan fingerprint density at radius 3 is 2.68 bits per heavy atom. The highest BCUT2D eigenvalue weighted by Gasteiger charge is 2.18. The second-order valence-electron chi connectivity index (χ2n) is 4.16. The minimum Gasteiger partial charge on any atom is -0.481 e. The number of rotatable bonds is 6. The molecule has 0 saturated heterocycles. The van der Waals surface area contributed by atoms with Crippen LogP contribution in [0.5, 0.6) is 0 Å². The lowest BCUT2D eigenvalue weighted by Gasteiger charge is -2.13. The molecule has 3 nitrogen and oxygen atoms in total. The summed E-state index contributed by atoms with van der Waals surface area (Å²) in [6, 6.07) is 11.3. The topological polar surface area (TPSA) is 49.3 Å². The molecule has 2 N–H and O–H groups in total. The van der Waals surface area contributed by atoms with E-state index in [9.17, 15) is 9.90 Å². The summed E-state index contributed by atoms with van der Waals surface area (Å²) in [5.74, 6) is -1.31. The fourth-order valence-electron chi connectivity index (χ4n) is 1.82. The van der Waals surface area contributed by atoms with Gasteiger partial charge in [0.1, 0.15) is 0 Å². The van der Waals surface area contributed by atoms with Crippen molar-refractivity contribution in [2.75, 3.05) is 6.54 Å². The standard InChI is InChI=1S/C14H14BrNO2S/c15-11-6-12(19-9-11)7-16-8-13(14(17)18)10-4-2-1-3-5-10/h1-6,9,13,16H,7-8H2,(H,17,18). The fraction of sp³-hybridized carbons (Fsp3) is 0.214. The number of thiophene rings is 1. The Morgan fingerprint density at radius 1 is 1.37 bits per heavy atom. The maximum Gasteiger partial charge on any atom is 0.312 e. The Bertz CT molecular complexity index is 541. The minimum atomic E-state index is -0.800. The lowest BCUT2D eigenvalue weighted by molar-refractivity contribution is -0.138. The van der Waals surface area contributed by atoms with Crippen LogP contribution in [0.3, 0.4) is 0 Å². The van der Waals surface area contributed by atoms with Gasteiger partial charge in [0.15, 0.2) is 0 Å². The zero-order chi connectivity index (χ0) is 13.7. The molecule has 1 aromatic heterocycles. The summed E-state index contributed by atoms with van der Waals surface area (Å²) in [6.45, 7) is 1.11. The summed E-state index contributed by atoms with van der Waals surface area (Å²) in [5.41, 5.74) is 0.829. The van der Waals surface area contributed by atoms with Crippen LogP contribution in [0.2, 0.25) is 0 Å². The van der Waals surface area contributed by atoms with Gasteiger partial charge in [0.25, 0.3) is 0 Å². The van der Waals surface area contributed by atoms with Crippen molar-refractivity contribution in [1.82, 2.24) is 5.32 Å². The molecule has 2 aromatic rings. The van der Waals surface area contributed by atoms with Gasteiger partial charge in [0, 0.05) is 27.8 Å². The van der Waals surface area contributed by atoms with E-state index in [-0.39, 0.29) is 0 Å². The van der Waals surface area contributed by atoms with Crippen LogP contribution in [-0.2, 0) is 11.3 Å². The molecule has 5 heteroatoms. The SMILES string of the molecule is O=C(O)C(CNCc1cc(Br)cs1)c1ccccc1. The predicted molar refractivity (Wildman–Crippen MR) is 80.5 cm³/mol. The third-order valence-corrected chi connectivity index (χ3v) is 4.47. The molecule has 0 spiro atoms. The molecule has 0 aliphatic carbocycles. The lowest BCUT2D eigenvalue weighted by Crippen LogP contribution is -2.26. The van der Waals surface area contributed by atoms with Crippen molar-refractivity contribution in [3.05, 3.63) is 56.7 Å². The maximum absolute atomic E-state index is 11.3. The number of nitrogens with one attached hydrogen (secondary N) is 1. The first-order chi connectivity index (χ1) is 9.16. The van der Waals surface area contributed by atoms with E-state index >= 15 is 0 Å². The Hall–Kier alpha value is -1.17. The van der Waals surface area contributed by atoms with E-state index in [2.05, 4.69) is 21.2 Å². The van der Waals surface area contributed by atoms with E-state index < -0.39 is 11.9 Å². The Morgan fingerprint density at radius 2 is 2.11 bits per heavy atom. The molecule has 0 bridgehead atoms. The van der Waals surface area contributed by atoms with Gasteiger partial charge in [-0.05, 0) is 27.6 Å². The van der Waals surface area contributed by atoms with Gasteiger partial charge in [-0.1, -0.05) is 30.3 Å². The number of carboxylic acids is 1. The summed E-state index contributed by atoms with van der Waals surface area (Å²) in [7, 11) is 0. The summed E-state index contributed by atoms with van der Waals surface area (Å²) in [4.78, 5) is 12.5. The van der Waals surface area contributed by atoms with Gasteiger partial charge >= 0.3 is 5.97 Å². The Balaban J connectivity index is 1.93. The van der Waals surface area contributed by atoms with Crippen LogP contribution < -0.4 is 5.32 Å². The van der Waals surface area contributed by atoms with Crippen LogP contribution in [0.15, 0.2) is 46.3 Å². The maximum atomic E-state index is 11.3. The van der Waals surface area contributed by atoms with E-state index in [1.54, 1.807) is 11.3 Å². The fourth-order valence-corrected chi connectivity index (χ4v) is 3.24. The van der Waals surface area contributed by atoms with Crippen LogP contribution in [0.25, 0.3) is 0 Å². The quantitative estimate of drug-likeness (QED) is 0.847. The van der Waals surface area contributed by atoms with Crippen molar-refractivity contribution in [2.45, 2.75) is 12.5 Å². The second-order valence-corrected chi connectivity index (χ2v) is 6.08. The molecule has 1 atom stereocenters. The third kappa shape index (κ3) is 4.16. The first-order valence-electron chi connectivity index (χ1n) is 5.88. The van der Waals surface area contributed by atoms with E-state index in [1.807, 2.05) is 41.8 Å². The van der Waals surface area contributed by atoms with Gasteiger partial charge < -0.3 is 10.4 Å². The molecular formula is C14H14BrNO2S. The average Bonchev–Trinajstić information content (AvgIpc) is 2.81. The number of carboxylic acid groups (broad SMARTS) is 1. The molecule has 0 radical (unpaired) electrons. The summed E-state index contributed by atoms with van der Waals surface area (Å²) in [5, 5.41) is 14.5. The molecular weight excluding hydrogens is 326 g/mol. The molecule has 0 fully saturated rings. The van der Waals surface area contributed by atoms with Crippen molar-refractivity contribution in [2.24, 2.45) is 0 Å². The normalized spacial score (nSPS) is 12.3. The molecule has 0 amide bonds. The Labute approximate surface area is 124 Å². The highest BCUT2D eigenvalue weighted by molar-refractivity contribution is 9.10. The lowest BCUT2D eigenvalue weighted by atomic mass is 9.99. The first-order valence-corrected chi connectivity index (χ1v) is 7.55. The van der Waals surface area contributed by atoms with E-state index in [4.69, 9.17) is 0 Å². The number of aliphatic carboxylic acids is 1. The largest absolute Gasteiger partial charge is 0.481 e. The van der Waals surface area contributed by atoms with Gasteiger partial charge in [-0.2, -0.15) is 0 Å². The highest BCUT2D eigenvalue weighted by atomic mass is 79.9. The minimum absolute atomic E-state index is 0.425. The van der Waals surface area contributed by atoms with Gasteiger partial charge in [-0.15, -0.1) is 11.3 Å². The van der Waals surface area contributed by atoms with Crippen molar-refractivity contribution >= 4 is 33.2 Å². The molecule has 19 heavy (non-hydrogen) atoms. The van der Waals surface area contributed by atoms with E-state index in [0.717, 1.165) is 10.0 Å². The van der Waals surface area contributed by atoms with Crippen LogP contribution in [0, 0.1) is 0 Å². The molecule has 0 aliphatic rings. The smallest absolute Gasteiger partial charge is 0.312 e. The monoisotopic (exact) mass is 339 g/mol. The number of carbonyl (C=O) groups is 1. The van der Waals surface area contributed by atoms with Crippen LogP contribution >= 0.6 is 27.3 Å². The van der Waals surface area contributed by atoms with E-state index in [0.29, 0.717) is 13.1 Å². The Kier molecular flexibility index (Phi) is 5.13. The van der Waals surface area contributed by atoms with Crippen molar-refractivity contribution in [3.8, 4) is 0 Å². The zero-order valence-corrected chi connectivity index (χ0v) is 12.6. The first kappa shape index (κ1) is 14.2. The predicted octanol–water partition coefficient (Wildman–Crippen LogP) is 3.47. The van der Waals surface area contributed by atoms with Crippen LogP contribution in [-0.4, -0.2) is 17.6 Å². The van der Waals surface area contributed by atoms with Gasteiger partial charge in [0.2, 0.25) is 0 Å². The number of hydrogen-bond acceptors (Lipinski definition) is 3. The summed E-state index contributed by atoms with van der Waals surface area (Å²) < 4.78 is 1.06. The molecule has 0 aliphatic heterocycles. The molecule has 1 aromatic carbocycles.